The van der Waals surface area contributed by atoms with Gasteiger partial charge >= 0.3 is 0 Å². The number of ether oxygens (including phenoxy) is 1. The first-order chi connectivity index (χ1) is 18.1. The average Bonchev–Trinajstić information content (AvgIpc) is 3.35. The number of carbonyl (C=O) groups is 1. The van der Waals surface area contributed by atoms with Crippen LogP contribution >= 0.6 is 11.3 Å². The molecule has 2 aromatic carbocycles. The smallest absolute Gasteiger partial charge is 0.264 e. The molecule has 0 spiro atoms. The second kappa shape index (κ2) is 11.9. The molecule has 1 aliphatic rings. The lowest BCUT2D eigenvalue weighted by atomic mass is 9.99. The standard InChI is InChI=1S/C31H35N3O2S/c1-23-14-15-29(37-23)31(35)34-18-4-3-12-27(34)16-19-36-28-13-5-8-24(20-28)21-33(2)22-26-10-6-9-25-11-7-17-32-30(25)26/h5-11,13-15,17,20,27H,3-4,12,16,18-19,21-22H2,1-2H3/t27-/m1/s1. The van der Waals surface area contributed by atoms with Gasteiger partial charge < -0.3 is 9.64 Å². The van der Waals surface area contributed by atoms with Crippen molar-refractivity contribution < 1.29 is 9.53 Å². The number of hydrogen-bond acceptors (Lipinski definition) is 5. The molecule has 5 nitrogen and oxygen atoms in total. The van der Waals surface area contributed by atoms with Crippen LogP contribution in [-0.2, 0) is 13.1 Å². The zero-order chi connectivity index (χ0) is 25.6. The highest BCUT2D eigenvalue weighted by atomic mass is 32.1. The first-order valence-electron chi connectivity index (χ1n) is 13.2. The molecule has 37 heavy (non-hydrogen) atoms. The molecule has 6 heteroatoms. The number of likely N-dealkylation sites (tertiary alicyclic amines) is 1. The van der Waals surface area contributed by atoms with Crippen molar-refractivity contribution in [1.29, 1.82) is 0 Å². The Bertz CT molecular complexity index is 1350. The summed E-state index contributed by atoms with van der Waals surface area (Å²) in [6.45, 7) is 5.16. The highest BCUT2D eigenvalue weighted by molar-refractivity contribution is 7.13. The van der Waals surface area contributed by atoms with E-state index in [1.54, 1.807) is 11.3 Å². The first kappa shape index (κ1) is 25.4. The van der Waals surface area contributed by atoms with Crippen LogP contribution < -0.4 is 4.74 Å². The summed E-state index contributed by atoms with van der Waals surface area (Å²) in [4.78, 5) is 24.1. The van der Waals surface area contributed by atoms with Crippen LogP contribution in [0, 0.1) is 6.92 Å². The number of thiophene rings is 1. The van der Waals surface area contributed by atoms with Crippen molar-refractivity contribution in [3.63, 3.8) is 0 Å². The summed E-state index contributed by atoms with van der Waals surface area (Å²) >= 11 is 1.59. The number of aryl methyl sites for hydroxylation is 1. The summed E-state index contributed by atoms with van der Waals surface area (Å²) in [5.41, 5.74) is 3.52. The Labute approximate surface area is 223 Å². The van der Waals surface area contributed by atoms with Crippen molar-refractivity contribution in [2.24, 2.45) is 0 Å². The lowest BCUT2D eigenvalue weighted by molar-refractivity contribution is 0.0585. The van der Waals surface area contributed by atoms with Crippen LogP contribution in [0.1, 0.15) is 51.4 Å². The van der Waals surface area contributed by atoms with Gasteiger partial charge in [-0.05, 0) is 74.7 Å². The summed E-state index contributed by atoms with van der Waals surface area (Å²) in [6.07, 6.45) is 6.02. The molecule has 0 bridgehead atoms. The van der Waals surface area contributed by atoms with Crippen LogP contribution in [0.3, 0.4) is 0 Å². The minimum atomic E-state index is 0.175. The molecule has 0 saturated carbocycles. The third-order valence-corrected chi connectivity index (χ3v) is 8.06. The number of para-hydroxylation sites is 1. The summed E-state index contributed by atoms with van der Waals surface area (Å²) < 4.78 is 6.18. The molecule has 5 rings (SSSR count). The van der Waals surface area contributed by atoms with Gasteiger partial charge in [-0.3, -0.25) is 14.7 Å². The maximum Gasteiger partial charge on any atom is 0.264 e. The Morgan fingerprint density at radius 1 is 1.08 bits per heavy atom. The van der Waals surface area contributed by atoms with E-state index in [1.165, 1.54) is 27.8 Å². The van der Waals surface area contributed by atoms with Crippen LogP contribution in [0.5, 0.6) is 5.75 Å². The fourth-order valence-electron chi connectivity index (χ4n) is 5.26. The number of nitrogens with zero attached hydrogens (tertiary/aromatic N) is 3. The van der Waals surface area contributed by atoms with E-state index in [4.69, 9.17) is 4.74 Å². The van der Waals surface area contributed by atoms with E-state index >= 15 is 0 Å². The largest absolute Gasteiger partial charge is 0.494 e. The second-order valence-corrected chi connectivity index (χ2v) is 11.3. The Kier molecular flexibility index (Phi) is 8.17. The molecular weight excluding hydrogens is 478 g/mol. The number of piperidine rings is 1. The van der Waals surface area contributed by atoms with Gasteiger partial charge in [0.1, 0.15) is 5.75 Å². The lowest BCUT2D eigenvalue weighted by Crippen LogP contribution is -2.44. The van der Waals surface area contributed by atoms with Crippen molar-refractivity contribution in [3.8, 4) is 5.75 Å². The van der Waals surface area contributed by atoms with Gasteiger partial charge in [0, 0.05) is 48.6 Å². The molecule has 192 valence electrons. The van der Waals surface area contributed by atoms with Crippen molar-refractivity contribution in [2.75, 3.05) is 20.2 Å². The van der Waals surface area contributed by atoms with Crippen LogP contribution in [0.2, 0.25) is 0 Å². The number of aromatic nitrogens is 1. The number of amides is 1. The quantitative estimate of drug-likeness (QED) is 0.250. The van der Waals surface area contributed by atoms with Crippen molar-refractivity contribution in [3.05, 3.63) is 93.8 Å². The minimum absolute atomic E-state index is 0.175. The molecule has 0 unspecified atom stereocenters. The van der Waals surface area contributed by atoms with Gasteiger partial charge in [0.2, 0.25) is 0 Å². The van der Waals surface area contributed by atoms with E-state index in [0.717, 1.165) is 55.0 Å². The molecule has 1 atom stereocenters. The monoisotopic (exact) mass is 513 g/mol. The summed E-state index contributed by atoms with van der Waals surface area (Å²) in [5, 5.41) is 1.17. The van der Waals surface area contributed by atoms with E-state index in [1.807, 2.05) is 30.5 Å². The molecule has 3 heterocycles. The number of fused-ring (bicyclic) bond motifs is 1. The highest BCUT2D eigenvalue weighted by Crippen LogP contribution is 2.26. The highest BCUT2D eigenvalue weighted by Gasteiger charge is 2.28. The Balaban J connectivity index is 1.16. The lowest BCUT2D eigenvalue weighted by Gasteiger charge is -2.35. The van der Waals surface area contributed by atoms with Gasteiger partial charge in [-0.25, -0.2) is 0 Å². The van der Waals surface area contributed by atoms with E-state index in [0.29, 0.717) is 6.61 Å². The van der Waals surface area contributed by atoms with Gasteiger partial charge in [0.05, 0.1) is 17.0 Å². The second-order valence-electron chi connectivity index (χ2n) is 10.0. The predicted octanol–water partition coefficient (Wildman–Crippen LogP) is 6.70. The molecule has 1 saturated heterocycles. The van der Waals surface area contributed by atoms with Gasteiger partial charge in [0.15, 0.2) is 0 Å². The van der Waals surface area contributed by atoms with Gasteiger partial charge in [-0.15, -0.1) is 11.3 Å². The van der Waals surface area contributed by atoms with Crippen LogP contribution in [0.25, 0.3) is 10.9 Å². The van der Waals surface area contributed by atoms with Crippen molar-refractivity contribution >= 4 is 28.1 Å². The van der Waals surface area contributed by atoms with Crippen molar-refractivity contribution in [2.45, 2.75) is 51.7 Å². The van der Waals surface area contributed by atoms with E-state index in [-0.39, 0.29) is 11.9 Å². The minimum Gasteiger partial charge on any atom is -0.494 e. The van der Waals surface area contributed by atoms with Crippen LogP contribution in [0.4, 0.5) is 0 Å². The average molecular weight is 514 g/mol. The molecular formula is C31H35N3O2S. The number of benzene rings is 2. The third-order valence-electron chi connectivity index (χ3n) is 7.07. The number of carbonyl (C=O) groups excluding carboxylic acids is 1. The van der Waals surface area contributed by atoms with E-state index in [9.17, 15) is 4.79 Å². The fraction of sp³-hybridized carbons (Fsp3) is 0.355. The molecule has 0 aliphatic carbocycles. The zero-order valence-electron chi connectivity index (χ0n) is 21.7. The Hall–Kier alpha value is -3.22. The number of rotatable bonds is 9. The zero-order valence-corrected chi connectivity index (χ0v) is 22.5. The van der Waals surface area contributed by atoms with Gasteiger partial charge in [0.25, 0.3) is 5.91 Å². The Morgan fingerprint density at radius 3 is 2.81 bits per heavy atom. The first-order valence-corrected chi connectivity index (χ1v) is 14.0. The molecule has 2 aromatic heterocycles. The molecule has 1 amide bonds. The number of pyridine rings is 1. The van der Waals surface area contributed by atoms with Gasteiger partial charge in [-0.1, -0.05) is 36.4 Å². The fourth-order valence-corrected chi connectivity index (χ4v) is 6.08. The topological polar surface area (TPSA) is 45.7 Å². The van der Waals surface area contributed by atoms with E-state index < -0.39 is 0 Å². The molecule has 4 aromatic rings. The predicted molar refractivity (Wildman–Crippen MR) is 151 cm³/mol. The van der Waals surface area contributed by atoms with Crippen LogP contribution in [0.15, 0.2) is 72.9 Å². The third kappa shape index (κ3) is 6.38. The van der Waals surface area contributed by atoms with Crippen LogP contribution in [-0.4, -0.2) is 46.9 Å². The Morgan fingerprint density at radius 2 is 1.95 bits per heavy atom. The molecule has 1 fully saturated rings. The molecule has 0 radical (unpaired) electrons. The van der Waals surface area contributed by atoms with Gasteiger partial charge in [-0.2, -0.15) is 0 Å². The number of hydrogen-bond donors (Lipinski definition) is 0. The SMILES string of the molecule is Cc1ccc(C(=O)N2CCCC[C@@H]2CCOc2cccc(CN(C)Cc3cccc4cccnc34)c2)s1. The van der Waals surface area contributed by atoms with Crippen molar-refractivity contribution in [1.82, 2.24) is 14.8 Å². The summed E-state index contributed by atoms with van der Waals surface area (Å²) in [6, 6.07) is 23.1. The molecule has 1 aliphatic heterocycles. The maximum atomic E-state index is 13.1. The normalized spacial score (nSPS) is 15.9. The maximum absolute atomic E-state index is 13.1. The molecule has 0 N–H and O–H groups in total. The summed E-state index contributed by atoms with van der Waals surface area (Å²) in [7, 11) is 2.14. The summed E-state index contributed by atoms with van der Waals surface area (Å²) in [5.74, 6) is 1.06. The van der Waals surface area contributed by atoms with E-state index in [2.05, 4.69) is 71.2 Å².